The third kappa shape index (κ3) is 5.32. The standard InChI is InChI=1S/C26H28FN5O4S/c1-5-32-23(26(35-4)14-36-15-26)12-25(30-32)37(34)31-24(33)11-22-20(16(2)3)9-18(27)10-21(22)17-6-7-29-19(8-17)13-28/h6-10,12,16H,5,11,14-15H2,1-4H3,(H,31,33). The summed E-state index contributed by atoms with van der Waals surface area (Å²) < 4.78 is 42.8. The number of hydrogen-bond acceptors (Lipinski definition) is 7. The second-order valence-electron chi connectivity index (χ2n) is 9.06. The van der Waals surface area contributed by atoms with Gasteiger partial charge in [0.25, 0.3) is 0 Å². The van der Waals surface area contributed by atoms with E-state index in [2.05, 4.69) is 14.8 Å². The highest BCUT2D eigenvalue weighted by molar-refractivity contribution is 7.83. The molecule has 37 heavy (non-hydrogen) atoms. The van der Waals surface area contributed by atoms with E-state index in [4.69, 9.17) is 9.47 Å². The Morgan fingerprint density at radius 1 is 1.35 bits per heavy atom. The minimum absolute atomic E-state index is 0.0854. The number of carbonyl (C=O) groups is 1. The number of amides is 1. The van der Waals surface area contributed by atoms with Crippen molar-refractivity contribution in [3.05, 3.63) is 64.9 Å². The molecular formula is C26H28FN5O4S. The smallest absolute Gasteiger partial charge is 0.236 e. The van der Waals surface area contributed by atoms with Crippen molar-refractivity contribution < 1.29 is 22.9 Å². The monoisotopic (exact) mass is 525 g/mol. The van der Waals surface area contributed by atoms with Crippen molar-refractivity contribution in [2.24, 2.45) is 0 Å². The third-order valence-electron chi connectivity index (χ3n) is 6.38. The van der Waals surface area contributed by atoms with Crippen LogP contribution in [0.1, 0.15) is 49.2 Å². The Morgan fingerprint density at radius 3 is 2.70 bits per heavy atom. The van der Waals surface area contributed by atoms with Gasteiger partial charge in [-0.25, -0.2) is 13.6 Å². The lowest BCUT2D eigenvalue weighted by molar-refractivity contribution is -0.206. The molecule has 9 nitrogen and oxygen atoms in total. The molecule has 0 saturated carbocycles. The maximum atomic E-state index is 14.6. The Kier molecular flexibility index (Phi) is 7.82. The number of methoxy groups -OCH3 is 1. The number of hydrogen-bond donors (Lipinski definition) is 1. The summed E-state index contributed by atoms with van der Waals surface area (Å²) in [6.07, 6.45) is 1.32. The van der Waals surface area contributed by atoms with E-state index in [1.54, 1.807) is 30.0 Å². The number of benzene rings is 1. The Bertz CT molecular complexity index is 1390. The molecule has 0 aliphatic carbocycles. The van der Waals surface area contributed by atoms with E-state index in [0.29, 0.717) is 42.0 Å². The number of nitriles is 1. The Labute approximate surface area is 217 Å². The molecule has 4 rings (SSSR count). The number of aryl methyl sites for hydroxylation is 1. The molecule has 0 bridgehead atoms. The minimum atomic E-state index is -1.93. The number of carbonyl (C=O) groups excluding carboxylic acids is 1. The first kappa shape index (κ1) is 26.6. The Morgan fingerprint density at radius 2 is 2.11 bits per heavy atom. The number of rotatable bonds is 9. The van der Waals surface area contributed by atoms with Crippen molar-refractivity contribution >= 4 is 16.9 Å². The van der Waals surface area contributed by atoms with Gasteiger partial charge in [0.15, 0.2) is 21.6 Å². The lowest BCUT2D eigenvalue weighted by Crippen LogP contribution is -2.49. The fourth-order valence-electron chi connectivity index (χ4n) is 4.39. The number of halogens is 1. The predicted octanol–water partition coefficient (Wildman–Crippen LogP) is 3.35. The summed E-state index contributed by atoms with van der Waals surface area (Å²) in [6, 6.07) is 9.59. The van der Waals surface area contributed by atoms with Gasteiger partial charge in [0.05, 0.1) is 25.3 Å². The summed E-state index contributed by atoms with van der Waals surface area (Å²) in [5.74, 6) is -1.05. The second kappa shape index (κ2) is 10.9. The van der Waals surface area contributed by atoms with Crippen LogP contribution in [0.4, 0.5) is 4.39 Å². The van der Waals surface area contributed by atoms with E-state index < -0.39 is 28.3 Å². The van der Waals surface area contributed by atoms with Crippen LogP contribution < -0.4 is 4.72 Å². The minimum Gasteiger partial charge on any atom is -0.374 e. The van der Waals surface area contributed by atoms with E-state index >= 15 is 0 Å². The summed E-state index contributed by atoms with van der Waals surface area (Å²) in [7, 11) is -0.340. The molecule has 0 radical (unpaired) electrons. The maximum Gasteiger partial charge on any atom is 0.236 e. The fraction of sp³-hybridized carbons (Fsp3) is 0.385. The molecule has 2 aromatic heterocycles. The molecule has 1 atom stereocenters. The number of nitrogens with zero attached hydrogens (tertiary/aromatic N) is 4. The first-order chi connectivity index (χ1) is 17.7. The third-order valence-corrected chi connectivity index (χ3v) is 7.37. The lowest BCUT2D eigenvalue weighted by atomic mass is 9.88. The second-order valence-corrected chi connectivity index (χ2v) is 10.2. The zero-order valence-corrected chi connectivity index (χ0v) is 21.9. The van der Waals surface area contributed by atoms with Gasteiger partial charge in [-0.1, -0.05) is 13.8 Å². The molecule has 11 heteroatoms. The van der Waals surface area contributed by atoms with Crippen LogP contribution in [0, 0.1) is 17.1 Å². The van der Waals surface area contributed by atoms with E-state index in [0.717, 1.165) is 5.69 Å². The zero-order valence-electron chi connectivity index (χ0n) is 21.1. The average Bonchev–Trinajstić information content (AvgIpc) is 3.29. The van der Waals surface area contributed by atoms with E-state index in [-0.39, 0.29) is 23.1 Å². The normalized spacial score (nSPS) is 15.2. The van der Waals surface area contributed by atoms with Crippen molar-refractivity contribution in [1.29, 1.82) is 5.26 Å². The van der Waals surface area contributed by atoms with Gasteiger partial charge in [0, 0.05) is 25.9 Å². The molecule has 1 unspecified atom stereocenters. The number of aromatic nitrogens is 3. The number of ether oxygens (including phenoxy) is 2. The van der Waals surface area contributed by atoms with E-state index in [1.165, 1.54) is 18.3 Å². The molecule has 1 fully saturated rings. The van der Waals surface area contributed by atoms with Crippen molar-refractivity contribution in [2.75, 3.05) is 20.3 Å². The van der Waals surface area contributed by atoms with Crippen LogP contribution in [0.15, 0.2) is 41.6 Å². The molecule has 3 aromatic rings. The van der Waals surface area contributed by atoms with E-state index in [1.807, 2.05) is 26.8 Å². The van der Waals surface area contributed by atoms with Crippen LogP contribution in [-0.4, -0.2) is 45.2 Å². The summed E-state index contributed by atoms with van der Waals surface area (Å²) in [4.78, 5) is 17.1. The van der Waals surface area contributed by atoms with Crippen LogP contribution >= 0.6 is 0 Å². The quantitative estimate of drug-likeness (QED) is 0.455. The number of nitrogens with one attached hydrogen (secondary N) is 1. The molecule has 1 aliphatic rings. The van der Waals surface area contributed by atoms with Gasteiger partial charge < -0.3 is 9.47 Å². The summed E-state index contributed by atoms with van der Waals surface area (Å²) in [5, 5.41) is 13.9. The molecule has 1 saturated heterocycles. The Balaban J connectivity index is 1.63. The van der Waals surface area contributed by atoms with E-state index in [9.17, 15) is 18.7 Å². The van der Waals surface area contributed by atoms with Gasteiger partial charge in [-0.15, -0.1) is 0 Å². The lowest BCUT2D eigenvalue weighted by Gasteiger charge is -2.39. The largest absolute Gasteiger partial charge is 0.374 e. The van der Waals surface area contributed by atoms with Crippen molar-refractivity contribution in [3.63, 3.8) is 0 Å². The first-order valence-electron chi connectivity index (χ1n) is 11.8. The predicted molar refractivity (Wildman–Crippen MR) is 134 cm³/mol. The first-order valence-corrected chi connectivity index (χ1v) is 13.0. The van der Waals surface area contributed by atoms with Gasteiger partial charge in [0.2, 0.25) is 5.91 Å². The van der Waals surface area contributed by atoms with Crippen molar-refractivity contribution in [1.82, 2.24) is 19.5 Å². The molecule has 194 valence electrons. The van der Waals surface area contributed by atoms with Crippen LogP contribution in [0.3, 0.4) is 0 Å². The van der Waals surface area contributed by atoms with Crippen molar-refractivity contribution in [3.8, 4) is 17.2 Å². The summed E-state index contributed by atoms with van der Waals surface area (Å²) in [5.41, 5.74) is 2.54. The van der Waals surface area contributed by atoms with Gasteiger partial charge in [0.1, 0.15) is 17.6 Å². The molecule has 1 aliphatic heterocycles. The van der Waals surface area contributed by atoms with Gasteiger partial charge in [-0.05, 0) is 59.4 Å². The molecular weight excluding hydrogens is 497 g/mol. The number of pyridine rings is 1. The summed E-state index contributed by atoms with van der Waals surface area (Å²) >= 11 is 0. The average molecular weight is 526 g/mol. The highest BCUT2D eigenvalue weighted by atomic mass is 32.2. The maximum absolute atomic E-state index is 14.6. The van der Waals surface area contributed by atoms with Crippen LogP contribution in [-0.2, 0) is 43.8 Å². The van der Waals surface area contributed by atoms with Crippen LogP contribution in [0.5, 0.6) is 0 Å². The molecule has 0 spiro atoms. The van der Waals surface area contributed by atoms with Crippen LogP contribution in [0.2, 0.25) is 0 Å². The highest BCUT2D eigenvalue weighted by Crippen LogP contribution is 2.34. The van der Waals surface area contributed by atoms with Crippen molar-refractivity contribution in [2.45, 2.75) is 50.3 Å². The molecule has 3 heterocycles. The Hall–Kier alpha value is -3.46. The van der Waals surface area contributed by atoms with Crippen LogP contribution in [0.25, 0.3) is 11.1 Å². The molecule has 1 amide bonds. The fourth-order valence-corrected chi connectivity index (χ4v) is 5.16. The zero-order chi connectivity index (χ0) is 26.7. The van der Waals surface area contributed by atoms with Gasteiger partial charge >= 0.3 is 0 Å². The molecule has 1 aromatic carbocycles. The summed E-state index contributed by atoms with van der Waals surface area (Å²) in [6.45, 7) is 6.97. The topological polar surface area (TPSA) is 119 Å². The SMILES string of the molecule is CCn1nc(S(=O)NC(=O)Cc2c(-c3ccnc(C#N)c3)cc(F)cc2C(C)C)cc1C1(OC)COC1. The highest BCUT2D eigenvalue weighted by Gasteiger charge is 2.44. The van der Waals surface area contributed by atoms with Gasteiger partial charge in [-0.3, -0.25) is 14.2 Å². The molecule has 1 N–H and O–H groups in total. The van der Waals surface area contributed by atoms with Gasteiger partial charge in [-0.2, -0.15) is 10.4 Å².